The third kappa shape index (κ3) is 5.56. The summed E-state index contributed by atoms with van der Waals surface area (Å²) < 4.78 is 20.7. The van der Waals surface area contributed by atoms with E-state index in [9.17, 15) is 9.59 Å². The Hall–Kier alpha value is -3.04. The summed E-state index contributed by atoms with van der Waals surface area (Å²) in [5, 5.41) is 10.8. The van der Waals surface area contributed by atoms with E-state index in [0.29, 0.717) is 17.2 Å². The number of ketones is 1. The molecule has 0 saturated heterocycles. The van der Waals surface area contributed by atoms with Crippen LogP contribution in [0.1, 0.15) is 6.92 Å². The molecular weight excluding hydrogens is 449 g/mol. The highest BCUT2D eigenvalue weighted by Crippen LogP contribution is 2.42. The number of hydrogen-bond acceptors (Lipinski definition) is 8. The van der Waals surface area contributed by atoms with Crippen LogP contribution in [0.3, 0.4) is 0 Å². The predicted octanol–water partition coefficient (Wildman–Crippen LogP) is 4.71. The van der Waals surface area contributed by atoms with Crippen LogP contribution in [-0.2, 0) is 9.59 Å². The zero-order valence-electron chi connectivity index (χ0n) is 17.5. The molecule has 1 N–H and O–H groups in total. The van der Waals surface area contributed by atoms with Gasteiger partial charge in [0, 0.05) is 17.8 Å². The number of carbonyl (C=O) groups excluding carboxylic acids is 2. The molecular formula is C20H21Cl2N3O6. The summed E-state index contributed by atoms with van der Waals surface area (Å²) in [6, 6.07) is 4.70. The van der Waals surface area contributed by atoms with Crippen molar-refractivity contribution in [2.75, 3.05) is 33.8 Å². The maximum Gasteiger partial charge on any atom is 0.258 e. The Morgan fingerprint density at radius 2 is 1.39 bits per heavy atom. The van der Waals surface area contributed by atoms with Gasteiger partial charge in [-0.1, -0.05) is 23.2 Å². The van der Waals surface area contributed by atoms with Crippen molar-refractivity contribution in [3.63, 3.8) is 0 Å². The number of anilines is 1. The molecule has 2 aromatic carbocycles. The van der Waals surface area contributed by atoms with Gasteiger partial charge in [0.15, 0.2) is 5.78 Å². The summed E-state index contributed by atoms with van der Waals surface area (Å²) >= 11 is 12.4. The molecule has 0 aliphatic rings. The number of Topliss-reactive ketones (excluding diaryl/α,β-unsaturated/α-hetero) is 1. The van der Waals surface area contributed by atoms with E-state index >= 15 is 0 Å². The van der Waals surface area contributed by atoms with Gasteiger partial charge in [0.2, 0.25) is 6.04 Å². The number of methoxy groups -OCH3 is 4. The van der Waals surface area contributed by atoms with Gasteiger partial charge in [-0.15, -0.1) is 5.11 Å². The average Bonchev–Trinajstić information content (AvgIpc) is 2.75. The smallest absolute Gasteiger partial charge is 0.258 e. The quantitative estimate of drug-likeness (QED) is 0.420. The van der Waals surface area contributed by atoms with Crippen molar-refractivity contribution in [2.24, 2.45) is 10.2 Å². The lowest BCUT2D eigenvalue weighted by atomic mass is 10.2. The molecule has 0 bridgehead atoms. The third-order valence-corrected chi connectivity index (χ3v) is 4.84. The van der Waals surface area contributed by atoms with Crippen LogP contribution in [0.25, 0.3) is 0 Å². The maximum absolute atomic E-state index is 12.7. The zero-order valence-corrected chi connectivity index (χ0v) is 19.0. The molecule has 9 nitrogen and oxygen atoms in total. The number of nitrogens with zero attached hydrogens (tertiary/aromatic N) is 2. The van der Waals surface area contributed by atoms with Gasteiger partial charge in [0.1, 0.15) is 38.7 Å². The van der Waals surface area contributed by atoms with Crippen LogP contribution >= 0.6 is 23.2 Å². The molecule has 11 heteroatoms. The molecule has 2 aromatic rings. The van der Waals surface area contributed by atoms with E-state index < -0.39 is 17.7 Å². The van der Waals surface area contributed by atoms with Crippen molar-refractivity contribution in [3.8, 4) is 23.0 Å². The number of nitrogens with one attached hydrogen (secondary N) is 1. The number of amides is 1. The zero-order chi connectivity index (χ0) is 23.1. The second-order valence-electron chi connectivity index (χ2n) is 6.05. The van der Waals surface area contributed by atoms with Gasteiger partial charge < -0.3 is 24.3 Å². The SMILES string of the molecule is COc1cc(NC(=O)C(N=Nc2c(OC)ccc(OC)c2Cl)C(C)=O)cc(OC)c1Cl. The van der Waals surface area contributed by atoms with Crippen LogP contribution in [0, 0.1) is 0 Å². The Labute approximate surface area is 189 Å². The fourth-order valence-electron chi connectivity index (χ4n) is 2.53. The number of rotatable bonds is 9. The van der Waals surface area contributed by atoms with Crippen molar-refractivity contribution in [3.05, 3.63) is 34.3 Å². The van der Waals surface area contributed by atoms with E-state index in [0.717, 1.165) is 0 Å². The lowest BCUT2D eigenvalue weighted by molar-refractivity contribution is -0.126. The maximum atomic E-state index is 12.7. The number of carbonyl (C=O) groups is 2. The molecule has 1 unspecified atom stereocenters. The molecule has 0 aromatic heterocycles. The van der Waals surface area contributed by atoms with E-state index in [-0.39, 0.29) is 27.2 Å². The molecule has 0 saturated carbocycles. The minimum atomic E-state index is -1.44. The Kier molecular flexibility index (Phi) is 8.47. The summed E-state index contributed by atoms with van der Waals surface area (Å²) in [7, 11) is 5.71. The van der Waals surface area contributed by atoms with Gasteiger partial charge in [-0.05, 0) is 19.1 Å². The molecule has 0 spiro atoms. The van der Waals surface area contributed by atoms with Crippen LogP contribution in [0.4, 0.5) is 11.4 Å². The Bertz CT molecular complexity index is 988. The standard InChI is InChI=1S/C20H21Cl2N3O6/c1-10(26)18(24-25-19-13(29-3)7-6-12(28-2)17(19)22)20(27)23-11-8-14(30-4)16(21)15(9-11)31-5/h6-9,18H,1-5H3,(H,23,27). The lowest BCUT2D eigenvalue weighted by Gasteiger charge is -2.14. The first-order valence-corrected chi connectivity index (χ1v) is 9.57. The summed E-state index contributed by atoms with van der Waals surface area (Å²) in [6.07, 6.45) is 0. The molecule has 1 amide bonds. The third-order valence-electron chi connectivity index (χ3n) is 4.10. The van der Waals surface area contributed by atoms with Crippen molar-refractivity contribution in [1.82, 2.24) is 0 Å². The van der Waals surface area contributed by atoms with Crippen LogP contribution in [-0.4, -0.2) is 46.2 Å². The fraction of sp³-hybridized carbons (Fsp3) is 0.300. The van der Waals surface area contributed by atoms with Crippen molar-refractivity contribution in [1.29, 1.82) is 0 Å². The average molecular weight is 470 g/mol. The van der Waals surface area contributed by atoms with Gasteiger partial charge >= 0.3 is 0 Å². The topological polar surface area (TPSA) is 108 Å². The number of hydrogen-bond donors (Lipinski definition) is 1. The summed E-state index contributed by atoms with van der Waals surface area (Å²) in [4.78, 5) is 24.8. The van der Waals surface area contributed by atoms with Crippen LogP contribution in [0.5, 0.6) is 23.0 Å². The second-order valence-corrected chi connectivity index (χ2v) is 6.80. The monoisotopic (exact) mass is 469 g/mol. The van der Waals surface area contributed by atoms with Gasteiger partial charge in [-0.2, -0.15) is 5.11 Å². The molecule has 0 aliphatic heterocycles. The highest BCUT2D eigenvalue weighted by Gasteiger charge is 2.25. The Balaban J connectivity index is 2.36. The number of ether oxygens (including phenoxy) is 4. The highest BCUT2D eigenvalue weighted by atomic mass is 35.5. The minimum Gasteiger partial charge on any atom is -0.495 e. The minimum absolute atomic E-state index is 0.123. The lowest BCUT2D eigenvalue weighted by Crippen LogP contribution is -2.31. The van der Waals surface area contributed by atoms with Crippen molar-refractivity contribution < 1.29 is 28.5 Å². The normalized spacial score (nSPS) is 11.7. The van der Waals surface area contributed by atoms with Gasteiger partial charge in [-0.3, -0.25) is 9.59 Å². The van der Waals surface area contributed by atoms with E-state index in [1.807, 2.05) is 0 Å². The predicted molar refractivity (Wildman–Crippen MR) is 117 cm³/mol. The van der Waals surface area contributed by atoms with E-state index in [1.54, 1.807) is 12.1 Å². The van der Waals surface area contributed by atoms with Gasteiger partial charge in [-0.25, -0.2) is 0 Å². The van der Waals surface area contributed by atoms with Crippen molar-refractivity contribution in [2.45, 2.75) is 13.0 Å². The summed E-state index contributed by atoms with van der Waals surface area (Å²) in [6.45, 7) is 1.22. The van der Waals surface area contributed by atoms with E-state index in [4.69, 9.17) is 42.1 Å². The first-order valence-electron chi connectivity index (χ1n) is 8.81. The first-order chi connectivity index (χ1) is 14.8. The molecule has 166 valence electrons. The number of halogens is 2. The second kappa shape index (κ2) is 10.8. The van der Waals surface area contributed by atoms with E-state index in [2.05, 4.69) is 15.5 Å². The Morgan fingerprint density at radius 3 is 1.87 bits per heavy atom. The summed E-state index contributed by atoms with van der Waals surface area (Å²) in [5.41, 5.74) is 0.416. The number of azo groups is 1. The Morgan fingerprint density at radius 1 is 0.871 bits per heavy atom. The molecule has 0 fully saturated rings. The highest BCUT2D eigenvalue weighted by molar-refractivity contribution is 6.35. The molecule has 1 atom stereocenters. The van der Waals surface area contributed by atoms with Crippen LogP contribution in [0.2, 0.25) is 10.0 Å². The fourth-order valence-corrected chi connectivity index (χ4v) is 3.06. The molecule has 2 rings (SSSR count). The van der Waals surface area contributed by atoms with Crippen LogP contribution in [0.15, 0.2) is 34.5 Å². The van der Waals surface area contributed by atoms with E-state index in [1.165, 1.54) is 47.5 Å². The van der Waals surface area contributed by atoms with Gasteiger partial charge in [0.25, 0.3) is 5.91 Å². The first kappa shape index (κ1) is 24.2. The van der Waals surface area contributed by atoms with Crippen LogP contribution < -0.4 is 24.3 Å². The largest absolute Gasteiger partial charge is 0.495 e. The summed E-state index contributed by atoms with van der Waals surface area (Å²) in [5.74, 6) is -0.0618. The molecule has 31 heavy (non-hydrogen) atoms. The molecule has 0 radical (unpaired) electrons. The van der Waals surface area contributed by atoms with Gasteiger partial charge in [0.05, 0.1) is 28.4 Å². The number of benzene rings is 2. The molecule has 0 heterocycles. The van der Waals surface area contributed by atoms with Crippen molar-refractivity contribution >= 4 is 46.3 Å². The molecule has 0 aliphatic carbocycles.